The maximum Gasteiger partial charge on any atom is 0.358 e. The van der Waals surface area contributed by atoms with Crippen molar-refractivity contribution < 1.29 is 98.3 Å². The molecule has 6 aromatic rings. The van der Waals surface area contributed by atoms with Crippen molar-refractivity contribution in [2.45, 2.75) is 24.5 Å². The number of phenolic OH excluding ortho intramolecular Hbond substituents is 2. The van der Waals surface area contributed by atoms with E-state index in [2.05, 4.69) is 54.5 Å². The van der Waals surface area contributed by atoms with Crippen LogP contribution in [0.2, 0.25) is 0 Å². The fourth-order valence-corrected chi connectivity index (χ4v) is 8.27. The normalized spacial score (nSPS) is 12.5. The molecule has 356 valence electrons. The van der Waals surface area contributed by atoms with Crippen LogP contribution in [-0.4, -0.2) is 90.5 Å². The summed E-state index contributed by atoms with van der Waals surface area (Å²) in [5, 5.41) is 105. The predicted molar refractivity (Wildman–Crippen MR) is 222 cm³/mol. The first-order valence-electron chi connectivity index (χ1n) is 17.1. The zero-order valence-corrected chi connectivity index (χ0v) is 36.4. The quantitative estimate of drug-likeness (QED) is 0.00999. The number of azo groups is 3. The molecule has 0 radical (unpaired) electrons. The second-order valence-electron chi connectivity index (χ2n) is 12.5. The molecule has 31 nitrogen and oxygen atoms in total. The molecule has 68 heavy (non-hydrogen) atoms. The minimum atomic E-state index is -5.36. The molecule has 0 saturated heterocycles. The number of hydrogen-bond donors (Lipinski definition) is 9. The van der Waals surface area contributed by atoms with Gasteiger partial charge in [-0.05, 0) is 66.0 Å². The monoisotopic (exact) mass is 1040 g/mol. The van der Waals surface area contributed by atoms with E-state index in [0.29, 0.717) is 16.8 Å². The molecule has 0 saturated carbocycles. The summed E-state index contributed by atoms with van der Waals surface area (Å²) in [4.78, 5) is 18.8. The van der Waals surface area contributed by atoms with Crippen LogP contribution < -0.4 is 0 Å². The molecule has 5 aromatic carbocycles. The molecule has 0 aliphatic heterocycles. The number of carboxylic acid groups (broad SMARTS) is 1. The Kier molecular flexibility index (Phi) is 14.8. The molecular formula is C32H21N9O22S5. The lowest BCUT2D eigenvalue weighted by atomic mass is 10.1. The second-order valence-corrected chi connectivity index (χ2v) is 18.2. The predicted octanol–water partition coefficient (Wildman–Crippen LogP) is 7.59. The van der Waals surface area contributed by atoms with E-state index in [0.717, 1.165) is 60.7 Å². The number of nitro benzene ring substituents is 1. The molecule has 0 unspecified atom stereocenters. The Morgan fingerprint density at radius 3 is 1.82 bits per heavy atom. The number of phenols is 2. The maximum absolute atomic E-state index is 12.6. The highest BCUT2D eigenvalue weighted by molar-refractivity contribution is 7.95. The Morgan fingerprint density at radius 2 is 1.24 bits per heavy atom. The van der Waals surface area contributed by atoms with Gasteiger partial charge in [-0.15, -0.1) is 34.2 Å². The number of carboxylic acids is 1. The van der Waals surface area contributed by atoms with Crippen LogP contribution in [0.5, 0.6) is 17.4 Å². The van der Waals surface area contributed by atoms with Gasteiger partial charge in [0.1, 0.15) is 32.5 Å². The van der Waals surface area contributed by atoms with Crippen LogP contribution in [0.3, 0.4) is 0 Å². The van der Waals surface area contributed by atoms with Crippen molar-refractivity contribution in [1.29, 1.82) is 0 Å². The molecule has 36 heteroatoms. The number of benzene rings is 5. The molecule has 0 fully saturated rings. The molecule has 9 N–H and O–H groups in total. The minimum Gasteiger partial charge on any atom is -0.505 e. The van der Waals surface area contributed by atoms with Crippen molar-refractivity contribution in [3.05, 3.63) is 88.6 Å². The Hall–Kier alpha value is -7.17. The summed E-state index contributed by atoms with van der Waals surface area (Å²) in [5.41, 5.74) is -5.49. The lowest BCUT2D eigenvalue weighted by Gasteiger charge is -2.13. The zero-order valence-electron chi connectivity index (χ0n) is 32.3. The summed E-state index contributed by atoms with van der Waals surface area (Å²) >= 11 is 0.272. The van der Waals surface area contributed by atoms with E-state index in [9.17, 15) is 74.2 Å². The highest BCUT2D eigenvalue weighted by Gasteiger charge is 2.28. The van der Waals surface area contributed by atoms with Crippen LogP contribution in [0.1, 0.15) is 10.5 Å². The first-order chi connectivity index (χ1) is 31.9. The van der Waals surface area contributed by atoms with E-state index in [1.807, 2.05) is 0 Å². The van der Waals surface area contributed by atoms with Gasteiger partial charge in [0.2, 0.25) is 11.6 Å². The second kappa shape index (κ2) is 20.0. The van der Waals surface area contributed by atoms with Crippen molar-refractivity contribution >= 4 is 111 Å². The fraction of sp³-hybridized carbons (Fsp3) is 0. The first kappa shape index (κ1) is 50.2. The molecule has 0 spiro atoms. The van der Waals surface area contributed by atoms with Crippen LogP contribution in [0.25, 0.3) is 16.5 Å². The molecule has 1 heterocycles. The molecule has 0 bridgehead atoms. The standard InChI is InChI=1S/C32H21N9O22S5/c42-29-24-13(9-21(65-63-61-50)25(29)36-35-19-8-4-16(41(47)48)12-22(19)67(54,55)56)10-23(68(57,58)59)26(30(24)43)37-34-18-7-1-14(11-20(18)64-62-60-49)33-38-27-28(32(45)46)39-40(31(27)44)15-2-5-17(6-3-15)66(51,52)53/h1-12,42-44,49-50H,(H,45,46)(H,51,52,53)(H,54,55,56)(H,57,58,59). The average Bonchev–Trinajstić information content (AvgIpc) is 3.61. The first-order valence-corrected chi connectivity index (χ1v) is 22.9. The topological polar surface area (TPSA) is 474 Å². The SMILES string of the molecule is O=C(O)c1nn(-c2ccc(S(=O)(=O)O)cc2)c(O)c1N=Nc1ccc(N=Nc2c(S(=O)(=O)O)cc3cc(SOOO)c(N=Nc4ccc([N+](=O)[O-])cc4S(=O)(=O)O)c(O)c3c2O)c(SOOO)c1. The average molecular weight is 1040 g/mol. The number of rotatable bonds is 18. The Bertz CT molecular complexity index is 3460. The number of aromatic hydroxyl groups is 3. The minimum absolute atomic E-state index is 0.0718. The molecule has 0 atom stereocenters. The van der Waals surface area contributed by atoms with Crippen LogP contribution in [-0.2, 0) is 49.1 Å². The number of carbonyl (C=O) groups is 1. The van der Waals surface area contributed by atoms with Crippen molar-refractivity contribution in [1.82, 2.24) is 9.78 Å². The molecule has 0 aliphatic rings. The van der Waals surface area contributed by atoms with Crippen LogP contribution in [0, 0.1) is 10.1 Å². The number of nitrogens with zero attached hydrogens (tertiary/aromatic N) is 9. The van der Waals surface area contributed by atoms with Gasteiger partial charge in [0.05, 0.1) is 60.5 Å². The molecule has 0 amide bonds. The number of nitro groups is 1. The van der Waals surface area contributed by atoms with Crippen molar-refractivity contribution in [2.75, 3.05) is 0 Å². The Balaban J connectivity index is 1.44. The summed E-state index contributed by atoms with van der Waals surface area (Å²) in [6, 6.07) is 10.9. The highest BCUT2D eigenvalue weighted by Crippen LogP contribution is 2.52. The zero-order chi connectivity index (χ0) is 49.9. The molecule has 1 aromatic heterocycles. The third-order valence-corrected chi connectivity index (χ3v) is 12.3. The van der Waals surface area contributed by atoms with Gasteiger partial charge in [-0.2, -0.15) is 40.1 Å². The summed E-state index contributed by atoms with van der Waals surface area (Å²) < 4.78 is 111. The van der Waals surface area contributed by atoms with Gasteiger partial charge in [-0.3, -0.25) is 23.8 Å². The molecule has 6 rings (SSSR count). The number of aromatic nitrogens is 2. The number of hydrogen-bond acceptors (Lipinski definition) is 27. The van der Waals surface area contributed by atoms with Gasteiger partial charge >= 0.3 is 5.97 Å². The van der Waals surface area contributed by atoms with E-state index in [4.69, 9.17) is 10.5 Å². The Labute approximate surface area is 384 Å². The van der Waals surface area contributed by atoms with Crippen molar-refractivity contribution in [2.24, 2.45) is 30.7 Å². The van der Waals surface area contributed by atoms with E-state index < -0.39 is 123 Å². The maximum atomic E-state index is 12.6. The van der Waals surface area contributed by atoms with Crippen LogP contribution >= 0.6 is 24.1 Å². The van der Waals surface area contributed by atoms with Crippen molar-refractivity contribution in [3.63, 3.8) is 0 Å². The number of aromatic carboxylic acids is 1. The summed E-state index contributed by atoms with van der Waals surface area (Å²) in [6.45, 7) is 0. The molecule has 0 aliphatic carbocycles. The van der Waals surface area contributed by atoms with Gasteiger partial charge in [0.25, 0.3) is 36.0 Å². The smallest absolute Gasteiger partial charge is 0.358 e. The van der Waals surface area contributed by atoms with Gasteiger partial charge in [-0.1, -0.05) is 10.1 Å². The number of fused-ring (bicyclic) bond motifs is 1. The third-order valence-electron chi connectivity index (χ3n) is 8.41. The highest BCUT2D eigenvalue weighted by atomic mass is 32.2. The lowest BCUT2D eigenvalue weighted by Crippen LogP contribution is -2.02. The van der Waals surface area contributed by atoms with E-state index in [1.165, 1.54) is 0 Å². The van der Waals surface area contributed by atoms with Gasteiger partial charge in [-0.25, -0.2) is 15.3 Å². The van der Waals surface area contributed by atoms with Gasteiger partial charge in [0.15, 0.2) is 17.2 Å². The van der Waals surface area contributed by atoms with Gasteiger partial charge < -0.3 is 20.4 Å². The van der Waals surface area contributed by atoms with Crippen LogP contribution in [0.15, 0.2) is 128 Å². The lowest BCUT2D eigenvalue weighted by molar-refractivity contribution is -0.432. The molecular weight excluding hydrogens is 1020 g/mol. The fourth-order valence-electron chi connectivity index (χ4n) is 5.53. The third kappa shape index (κ3) is 11.0. The summed E-state index contributed by atoms with van der Waals surface area (Å²) in [7, 11) is -15.2. The Morgan fingerprint density at radius 1 is 0.662 bits per heavy atom. The van der Waals surface area contributed by atoms with E-state index in [1.54, 1.807) is 0 Å². The van der Waals surface area contributed by atoms with E-state index in [-0.39, 0.29) is 46.0 Å². The van der Waals surface area contributed by atoms with Crippen molar-refractivity contribution in [3.8, 4) is 23.1 Å². The summed E-state index contributed by atoms with van der Waals surface area (Å²) in [5.74, 6) is -4.94. The largest absolute Gasteiger partial charge is 0.505 e. The summed E-state index contributed by atoms with van der Waals surface area (Å²) in [6.07, 6.45) is 0. The van der Waals surface area contributed by atoms with Gasteiger partial charge in [0, 0.05) is 12.1 Å². The van der Waals surface area contributed by atoms with Crippen LogP contribution in [0.4, 0.5) is 39.8 Å². The van der Waals surface area contributed by atoms with E-state index >= 15 is 0 Å². The number of non-ortho nitro benzene ring substituents is 1.